The average Bonchev–Trinajstić information content (AvgIpc) is 2.38. The third-order valence-electron chi connectivity index (χ3n) is 2.77. The van der Waals surface area contributed by atoms with E-state index >= 15 is 0 Å². The molecule has 1 N–H and O–H groups in total. The Kier molecular flexibility index (Phi) is 4.26. The minimum atomic E-state index is 0.837. The van der Waals surface area contributed by atoms with Crippen molar-refractivity contribution in [2.45, 2.75) is 6.54 Å². The van der Waals surface area contributed by atoms with Crippen LogP contribution < -0.4 is 10.2 Å². The van der Waals surface area contributed by atoms with Crippen LogP contribution in [0.2, 0.25) is 0 Å². The van der Waals surface area contributed by atoms with Crippen molar-refractivity contribution in [1.29, 1.82) is 0 Å². The standard InChI is InChI=1S/C15H17BrN2/c1-18(2)15-5-3-4-14(10-15)17-11-12-6-8-13(16)9-7-12/h3-10,17H,11H2,1-2H3. The number of benzene rings is 2. The van der Waals surface area contributed by atoms with Crippen molar-refractivity contribution in [2.75, 3.05) is 24.3 Å². The third kappa shape index (κ3) is 3.50. The lowest BCUT2D eigenvalue weighted by Gasteiger charge is -2.14. The highest BCUT2D eigenvalue weighted by atomic mass is 79.9. The first-order valence-corrected chi connectivity index (χ1v) is 6.70. The van der Waals surface area contributed by atoms with Crippen molar-refractivity contribution in [3.63, 3.8) is 0 Å². The lowest BCUT2D eigenvalue weighted by Crippen LogP contribution is -2.09. The lowest BCUT2D eigenvalue weighted by molar-refractivity contribution is 1.12. The molecule has 2 aromatic rings. The molecule has 0 spiro atoms. The molecule has 0 aromatic heterocycles. The second-order valence-corrected chi connectivity index (χ2v) is 5.34. The van der Waals surface area contributed by atoms with E-state index in [1.807, 2.05) is 14.1 Å². The fraction of sp³-hybridized carbons (Fsp3) is 0.200. The molecular formula is C15H17BrN2. The molecule has 0 saturated heterocycles. The Labute approximate surface area is 117 Å². The summed E-state index contributed by atoms with van der Waals surface area (Å²) in [6.45, 7) is 0.837. The topological polar surface area (TPSA) is 15.3 Å². The van der Waals surface area contributed by atoms with E-state index in [1.54, 1.807) is 0 Å². The van der Waals surface area contributed by atoms with Gasteiger partial charge in [0.1, 0.15) is 0 Å². The maximum absolute atomic E-state index is 3.44. The van der Waals surface area contributed by atoms with Crippen molar-refractivity contribution in [1.82, 2.24) is 0 Å². The largest absolute Gasteiger partial charge is 0.381 e. The van der Waals surface area contributed by atoms with E-state index in [9.17, 15) is 0 Å². The summed E-state index contributed by atoms with van der Waals surface area (Å²) in [6.07, 6.45) is 0. The highest BCUT2D eigenvalue weighted by Crippen LogP contribution is 2.18. The minimum absolute atomic E-state index is 0.837. The van der Waals surface area contributed by atoms with Crippen molar-refractivity contribution in [3.05, 3.63) is 58.6 Å². The van der Waals surface area contributed by atoms with Gasteiger partial charge < -0.3 is 10.2 Å². The van der Waals surface area contributed by atoms with Crippen molar-refractivity contribution < 1.29 is 0 Å². The van der Waals surface area contributed by atoms with Gasteiger partial charge in [-0.25, -0.2) is 0 Å². The van der Waals surface area contributed by atoms with E-state index < -0.39 is 0 Å². The highest BCUT2D eigenvalue weighted by Gasteiger charge is 1.98. The maximum atomic E-state index is 3.44. The molecule has 2 nitrogen and oxygen atoms in total. The van der Waals surface area contributed by atoms with E-state index in [1.165, 1.54) is 11.3 Å². The van der Waals surface area contributed by atoms with Crippen LogP contribution >= 0.6 is 15.9 Å². The van der Waals surface area contributed by atoms with Crippen molar-refractivity contribution in [2.24, 2.45) is 0 Å². The first-order valence-electron chi connectivity index (χ1n) is 5.91. The van der Waals surface area contributed by atoms with Crippen LogP contribution in [-0.2, 0) is 6.54 Å². The monoisotopic (exact) mass is 304 g/mol. The van der Waals surface area contributed by atoms with Crippen LogP contribution in [0, 0.1) is 0 Å². The smallest absolute Gasteiger partial charge is 0.0400 e. The number of anilines is 2. The molecule has 94 valence electrons. The van der Waals surface area contributed by atoms with Crippen LogP contribution in [0.15, 0.2) is 53.0 Å². The number of rotatable bonds is 4. The van der Waals surface area contributed by atoms with Gasteiger partial charge in [0, 0.05) is 36.5 Å². The second-order valence-electron chi connectivity index (χ2n) is 4.42. The van der Waals surface area contributed by atoms with Crippen LogP contribution in [0.1, 0.15) is 5.56 Å². The van der Waals surface area contributed by atoms with Gasteiger partial charge in [-0.2, -0.15) is 0 Å². The molecule has 0 aliphatic rings. The van der Waals surface area contributed by atoms with Gasteiger partial charge in [0.15, 0.2) is 0 Å². The molecule has 0 saturated carbocycles. The zero-order valence-electron chi connectivity index (χ0n) is 10.7. The van der Waals surface area contributed by atoms with E-state index in [2.05, 4.69) is 74.7 Å². The van der Waals surface area contributed by atoms with Crippen LogP contribution in [0.25, 0.3) is 0 Å². The van der Waals surface area contributed by atoms with E-state index in [0.29, 0.717) is 0 Å². The molecule has 0 amide bonds. The van der Waals surface area contributed by atoms with E-state index in [0.717, 1.165) is 16.7 Å². The SMILES string of the molecule is CN(C)c1cccc(NCc2ccc(Br)cc2)c1. The number of hydrogen-bond donors (Lipinski definition) is 1. The summed E-state index contributed by atoms with van der Waals surface area (Å²) in [5.41, 5.74) is 3.62. The summed E-state index contributed by atoms with van der Waals surface area (Å²) < 4.78 is 1.11. The lowest BCUT2D eigenvalue weighted by atomic mass is 10.2. The van der Waals surface area contributed by atoms with Gasteiger partial charge in [-0.1, -0.05) is 34.1 Å². The number of nitrogens with zero attached hydrogens (tertiary/aromatic N) is 1. The Bertz CT molecular complexity index is 506. The summed E-state index contributed by atoms with van der Waals surface area (Å²) >= 11 is 3.44. The van der Waals surface area contributed by atoms with Crippen LogP contribution in [0.3, 0.4) is 0 Å². The Morgan fingerprint density at radius 3 is 2.44 bits per heavy atom. The Morgan fingerprint density at radius 1 is 1.06 bits per heavy atom. The van der Waals surface area contributed by atoms with Crippen LogP contribution in [0.5, 0.6) is 0 Å². The van der Waals surface area contributed by atoms with Crippen LogP contribution in [-0.4, -0.2) is 14.1 Å². The fourth-order valence-electron chi connectivity index (χ4n) is 1.70. The number of hydrogen-bond acceptors (Lipinski definition) is 2. The molecule has 2 rings (SSSR count). The molecule has 0 radical (unpaired) electrons. The molecule has 0 heterocycles. The zero-order valence-corrected chi connectivity index (χ0v) is 12.2. The summed E-state index contributed by atoms with van der Waals surface area (Å²) in [5.74, 6) is 0. The average molecular weight is 305 g/mol. The van der Waals surface area contributed by atoms with E-state index in [-0.39, 0.29) is 0 Å². The Balaban J connectivity index is 2.01. The number of nitrogens with one attached hydrogen (secondary N) is 1. The molecule has 0 unspecified atom stereocenters. The van der Waals surface area contributed by atoms with Gasteiger partial charge >= 0.3 is 0 Å². The molecule has 18 heavy (non-hydrogen) atoms. The molecule has 0 aliphatic heterocycles. The zero-order chi connectivity index (χ0) is 13.0. The normalized spacial score (nSPS) is 10.2. The van der Waals surface area contributed by atoms with Gasteiger partial charge in [-0.05, 0) is 35.9 Å². The van der Waals surface area contributed by atoms with Gasteiger partial charge in [0.2, 0.25) is 0 Å². The van der Waals surface area contributed by atoms with Crippen LogP contribution in [0.4, 0.5) is 11.4 Å². The van der Waals surface area contributed by atoms with Gasteiger partial charge in [-0.3, -0.25) is 0 Å². The molecule has 0 bridgehead atoms. The molecule has 0 aliphatic carbocycles. The second kappa shape index (κ2) is 5.91. The molecule has 0 fully saturated rings. The summed E-state index contributed by atoms with van der Waals surface area (Å²) in [5, 5.41) is 3.43. The summed E-state index contributed by atoms with van der Waals surface area (Å²) in [6, 6.07) is 16.8. The Morgan fingerprint density at radius 2 is 1.78 bits per heavy atom. The first kappa shape index (κ1) is 13.0. The molecule has 3 heteroatoms. The molecule has 2 aromatic carbocycles. The van der Waals surface area contributed by atoms with Gasteiger partial charge in [0.25, 0.3) is 0 Å². The Hall–Kier alpha value is -1.48. The van der Waals surface area contributed by atoms with Gasteiger partial charge in [-0.15, -0.1) is 0 Å². The minimum Gasteiger partial charge on any atom is -0.381 e. The summed E-state index contributed by atoms with van der Waals surface area (Å²) in [7, 11) is 4.10. The van der Waals surface area contributed by atoms with Gasteiger partial charge in [0.05, 0.1) is 0 Å². The molecular weight excluding hydrogens is 288 g/mol. The predicted octanol–water partition coefficient (Wildman–Crippen LogP) is 4.13. The number of halogens is 1. The van der Waals surface area contributed by atoms with Crippen molar-refractivity contribution >= 4 is 27.3 Å². The summed E-state index contributed by atoms with van der Waals surface area (Å²) in [4.78, 5) is 2.10. The fourth-order valence-corrected chi connectivity index (χ4v) is 1.96. The third-order valence-corrected chi connectivity index (χ3v) is 3.30. The van der Waals surface area contributed by atoms with E-state index in [4.69, 9.17) is 0 Å². The molecule has 0 atom stereocenters. The highest BCUT2D eigenvalue weighted by molar-refractivity contribution is 9.10. The predicted molar refractivity (Wildman–Crippen MR) is 82.2 cm³/mol. The first-order chi connectivity index (χ1) is 8.65. The van der Waals surface area contributed by atoms with Crippen molar-refractivity contribution in [3.8, 4) is 0 Å². The quantitative estimate of drug-likeness (QED) is 0.914. The maximum Gasteiger partial charge on any atom is 0.0400 e.